The minimum absolute atomic E-state index is 0.0893. The van der Waals surface area contributed by atoms with Gasteiger partial charge in [0.2, 0.25) is 11.8 Å². The number of benzene rings is 1. The highest BCUT2D eigenvalue weighted by atomic mass is 19.1. The molecule has 4 nitrogen and oxygen atoms in total. The number of amides is 2. The van der Waals surface area contributed by atoms with Gasteiger partial charge in [0.25, 0.3) is 0 Å². The summed E-state index contributed by atoms with van der Waals surface area (Å²) >= 11 is 0. The maximum atomic E-state index is 13.5. The van der Waals surface area contributed by atoms with Crippen molar-refractivity contribution in [3.05, 3.63) is 35.1 Å². The molecule has 2 aliphatic rings. The fourth-order valence-corrected chi connectivity index (χ4v) is 3.79. The van der Waals surface area contributed by atoms with Crippen LogP contribution < -0.4 is 0 Å². The Hall–Kier alpha value is -1.91. The zero-order chi connectivity index (χ0) is 17.1. The Morgan fingerprint density at radius 3 is 2.88 bits per heavy atom. The minimum atomic E-state index is -0.251. The summed E-state index contributed by atoms with van der Waals surface area (Å²) in [5, 5.41) is 0. The first-order valence-corrected chi connectivity index (χ1v) is 8.92. The van der Waals surface area contributed by atoms with E-state index < -0.39 is 0 Å². The molecule has 24 heavy (non-hydrogen) atoms. The zero-order valence-corrected chi connectivity index (χ0v) is 14.3. The van der Waals surface area contributed by atoms with Crippen LogP contribution in [0.2, 0.25) is 0 Å². The predicted molar refractivity (Wildman–Crippen MR) is 89.9 cm³/mol. The topological polar surface area (TPSA) is 40.6 Å². The van der Waals surface area contributed by atoms with Crippen LogP contribution in [-0.2, 0) is 16.0 Å². The van der Waals surface area contributed by atoms with Gasteiger partial charge < -0.3 is 9.80 Å². The van der Waals surface area contributed by atoms with E-state index in [-0.39, 0.29) is 23.7 Å². The van der Waals surface area contributed by atoms with Gasteiger partial charge >= 0.3 is 0 Å². The van der Waals surface area contributed by atoms with E-state index in [4.69, 9.17) is 0 Å². The lowest BCUT2D eigenvalue weighted by molar-refractivity contribution is -0.136. The van der Waals surface area contributed by atoms with Crippen LogP contribution in [0.1, 0.15) is 56.2 Å². The number of fused-ring (bicyclic) bond motifs is 1. The van der Waals surface area contributed by atoms with E-state index in [2.05, 4.69) is 0 Å². The Balaban J connectivity index is 1.55. The Labute approximate surface area is 142 Å². The van der Waals surface area contributed by atoms with Crippen LogP contribution in [0.5, 0.6) is 0 Å². The van der Waals surface area contributed by atoms with Crippen molar-refractivity contribution < 1.29 is 14.0 Å². The van der Waals surface area contributed by atoms with Crippen LogP contribution in [0.25, 0.3) is 0 Å². The van der Waals surface area contributed by atoms with Gasteiger partial charge in [-0.25, -0.2) is 4.39 Å². The Morgan fingerprint density at radius 2 is 2.08 bits per heavy atom. The van der Waals surface area contributed by atoms with Crippen molar-refractivity contribution in [1.82, 2.24) is 9.80 Å². The molecule has 1 unspecified atom stereocenters. The fourth-order valence-electron chi connectivity index (χ4n) is 3.79. The number of piperidine rings is 1. The molecule has 1 aromatic carbocycles. The van der Waals surface area contributed by atoms with Crippen molar-refractivity contribution >= 4 is 11.8 Å². The summed E-state index contributed by atoms with van der Waals surface area (Å²) in [6.07, 6.45) is 4.60. The molecule has 0 N–H and O–H groups in total. The van der Waals surface area contributed by atoms with Crippen LogP contribution in [0, 0.1) is 5.82 Å². The van der Waals surface area contributed by atoms with E-state index in [9.17, 15) is 14.0 Å². The summed E-state index contributed by atoms with van der Waals surface area (Å²) in [5.74, 6) is 0.0600. The summed E-state index contributed by atoms with van der Waals surface area (Å²) in [4.78, 5) is 28.1. The molecule has 0 saturated carbocycles. The molecule has 0 aliphatic carbocycles. The largest absolute Gasteiger partial charge is 0.343 e. The van der Waals surface area contributed by atoms with Gasteiger partial charge in [0, 0.05) is 32.5 Å². The summed E-state index contributed by atoms with van der Waals surface area (Å²) in [6.45, 7) is 4.13. The molecule has 2 amide bonds. The van der Waals surface area contributed by atoms with E-state index in [1.807, 2.05) is 22.8 Å². The summed E-state index contributed by atoms with van der Waals surface area (Å²) in [5.41, 5.74) is 2.05. The van der Waals surface area contributed by atoms with E-state index in [0.29, 0.717) is 32.4 Å². The molecular weight excluding hydrogens is 307 g/mol. The van der Waals surface area contributed by atoms with Gasteiger partial charge in [0.05, 0.1) is 6.04 Å². The predicted octanol–water partition coefficient (Wildman–Crippen LogP) is 3.06. The Morgan fingerprint density at radius 1 is 1.25 bits per heavy atom. The van der Waals surface area contributed by atoms with Gasteiger partial charge in [-0.05, 0) is 55.9 Å². The fraction of sp³-hybridized carbons (Fsp3) is 0.579. The third-order valence-electron chi connectivity index (χ3n) is 5.21. The van der Waals surface area contributed by atoms with Gasteiger partial charge in [-0.3, -0.25) is 9.59 Å². The van der Waals surface area contributed by atoms with E-state index in [1.54, 1.807) is 6.07 Å². The second kappa shape index (κ2) is 7.32. The van der Waals surface area contributed by atoms with Crippen LogP contribution in [0.15, 0.2) is 18.2 Å². The van der Waals surface area contributed by atoms with Crippen LogP contribution in [0.3, 0.4) is 0 Å². The molecular formula is C19H25FN2O2. The number of rotatable bonds is 4. The van der Waals surface area contributed by atoms with Crippen molar-refractivity contribution in [2.24, 2.45) is 0 Å². The van der Waals surface area contributed by atoms with Crippen LogP contribution >= 0.6 is 0 Å². The molecule has 1 fully saturated rings. The van der Waals surface area contributed by atoms with Gasteiger partial charge in [0.15, 0.2) is 0 Å². The van der Waals surface area contributed by atoms with Crippen molar-refractivity contribution in [3.8, 4) is 0 Å². The monoisotopic (exact) mass is 332 g/mol. The molecule has 3 rings (SSSR count). The Bertz CT molecular complexity index is 632. The lowest BCUT2D eigenvalue weighted by Crippen LogP contribution is -2.40. The molecule has 1 atom stereocenters. The first-order chi connectivity index (χ1) is 11.6. The molecule has 2 aliphatic heterocycles. The van der Waals surface area contributed by atoms with Gasteiger partial charge in [0.1, 0.15) is 5.82 Å². The number of hydrogen-bond acceptors (Lipinski definition) is 2. The summed E-state index contributed by atoms with van der Waals surface area (Å²) in [6, 6.07) is 4.77. The number of carbonyl (C=O) groups is 2. The SMILES string of the molecule is CC1c2cc(F)ccc2CCN1C(=O)CCCN1CCCCC1=O. The van der Waals surface area contributed by atoms with Gasteiger partial charge in [-0.2, -0.15) is 0 Å². The smallest absolute Gasteiger partial charge is 0.223 e. The second-order valence-electron chi connectivity index (χ2n) is 6.80. The number of carbonyl (C=O) groups excluding carboxylic acids is 2. The van der Waals surface area contributed by atoms with Crippen molar-refractivity contribution in [2.45, 2.75) is 51.5 Å². The normalized spacial score (nSPS) is 20.9. The lowest BCUT2D eigenvalue weighted by atomic mass is 9.93. The highest BCUT2D eigenvalue weighted by Gasteiger charge is 2.27. The third kappa shape index (κ3) is 3.60. The molecule has 0 spiro atoms. The maximum Gasteiger partial charge on any atom is 0.223 e. The molecule has 0 radical (unpaired) electrons. The number of likely N-dealkylation sites (tertiary alicyclic amines) is 1. The third-order valence-corrected chi connectivity index (χ3v) is 5.21. The minimum Gasteiger partial charge on any atom is -0.343 e. The van der Waals surface area contributed by atoms with Crippen molar-refractivity contribution in [1.29, 1.82) is 0 Å². The average Bonchev–Trinajstić information content (AvgIpc) is 2.57. The number of halogens is 1. The number of hydrogen-bond donors (Lipinski definition) is 0. The highest BCUT2D eigenvalue weighted by Crippen LogP contribution is 2.30. The van der Waals surface area contributed by atoms with Crippen LogP contribution in [-0.4, -0.2) is 41.2 Å². The van der Waals surface area contributed by atoms with Crippen molar-refractivity contribution in [2.75, 3.05) is 19.6 Å². The van der Waals surface area contributed by atoms with Crippen LogP contribution in [0.4, 0.5) is 4.39 Å². The zero-order valence-electron chi connectivity index (χ0n) is 14.3. The quantitative estimate of drug-likeness (QED) is 0.850. The van der Waals surface area contributed by atoms with E-state index >= 15 is 0 Å². The summed E-state index contributed by atoms with van der Waals surface area (Å²) in [7, 11) is 0. The molecule has 0 aromatic heterocycles. The summed E-state index contributed by atoms with van der Waals surface area (Å²) < 4.78 is 13.5. The van der Waals surface area contributed by atoms with E-state index in [1.165, 1.54) is 6.07 Å². The average molecular weight is 332 g/mol. The molecule has 2 heterocycles. The van der Waals surface area contributed by atoms with Gasteiger partial charge in [-0.15, -0.1) is 0 Å². The first-order valence-electron chi connectivity index (χ1n) is 8.92. The maximum absolute atomic E-state index is 13.5. The van der Waals surface area contributed by atoms with Crippen molar-refractivity contribution in [3.63, 3.8) is 0 Å². The molecule has 0 bridgehead atoms. The molecule has 1 saturated heterocycles. The Kier molecular flexibility index (Phi) is 5.17. The first kappa shape index (κ1) is 16.9. The standard InChI is InChI=1S/C19H25FN2O2/c1-14-17-13-16(20)8-7-15(17)9-12-22(14)19(24)6-4-11-21-10-3-2-5-18(21)23/h7-8,13-14H,2-6,9-12H2,1H3. The molecule has 1 aromatic rings. The van der Waals surface area contributed by atoms with Gasteiger partial charge in [-0.1, -0.05) is 6.07 Å². The molecule has 130 valence electrons. The highest BCUT2D eigenvalue weighted by molar-refractivity contribution is 5.78. The lowest BCUT2D eigenvalue weighted by Gasteiger charge is -2.35. The number of nitrogens with zero attached hydrogens (tertiary/aromatic N) is 2. The molecule has 5 heteroatoms. The second-order valence-corrected chi connectivity index (χ2v) is 6.80. The van der Waals surface area contributed by atoms with E-state index in [0.717, 1.165) is 36.9 Å².